The third kappa shape index (κ3) is 8.33. The quantitative estimate of drug-likeness (QED) is 0.198. The van der Waals surface area contributed by atoms with Gasteiger partial charge < -0.3 is 14.9 Å². The average Bonchev–Trinajstić information content (AvgIpc) is 3.57. The SMILES string of the molecule is CC(C)CC1CCC([Si](C)(C)[Si](C)(C)C2CCC3C(c4ccccc4-c4ccccc4)CCCC32)C1.[CH3-].[CH3-].[Cl][Zr+2][Cl]. The summed E-state index contributed by atoms with van der Waals surface area (Å²) >= 11 is -0.826. The molecule has 0 bridgehead atoms. The van der Waals surface area contributed by atoms with Crippen LogP contribution in [0.4, 0.5) is 0 Å². The molecule has 0 nitrogen and oxygen atoms in total. The Hall–Kier alpha value is 0.337. The average molecular weight is 709 g/mol. The zero-order chi connectivity index (χ0) is 28.2. The predicted octanol–water partition coefficient (Wildman–Crippen LogP) is 13.0. The minimum absolute atomic E-state index is 0. The molecule has 2 aromatic carbocycles. The monoisotopic (exact) mass is 706 g/mol. The van der Waals surface area contributed by atoms with E-state index in [1.54, 1.807) is 18.4 Å². The Kier molecular flexibility index (Phi) is 15.2. The van der Waals surface area contributed by atoms with Crippen LogP contribution in [0.3, 0.4) is 0 Å². The molecule has 2 aromatic rings. The standard InChI is InChI=1S/C34H52Si2.2CH3.2ClH.Zr/c1-25(2)23-26-19-20-28(24-26)35(3,4)36(5,6)34-22-21-32-31(17-12-18-33(32)34)30-16-11-10-15-29(30)27-13-8-7-9-14-27;;;;;/h7-11,13-16,25-26,28,31-34H,12,17-24H2,1-6H3;2*1H3;2*1H;/q;2*-1;;;+4/p-2. The van der Waals surface area contributed by atoms with Crippen molar-refractivity contribution in [1.29, 1.82) is 0 Å². The first-order valence-electron chi connectivity index (χ1n) is 15.7. The van der Waals surface area contributed by atoms with Crippen molar-refractivity contribution >= 4 is 32.2 Å². The fraction of sp³-hybridized carbons (Fsp3) is 0.611. The Labute approximate surface area is 275 Å². The van der Waals surface area contributed by atoms with Gasteiger partial charge in [0.25, 0.3) is 0 Å². The molecule has 3 aliphatic rings. The summed E-state index contributed by atoms with van der Waals surface area (Å²) in [6, 6.07) is 20.6. The van der Waals surface area contributed by atoms with E-state index >= 15 is 0 Å². The molecule has 0 amide bonds. The first-order chi connectivity index (χ1) is 18.6. The Morgan fingerprint density at radius 3 is 2.05 bits per heavy atom. The third-order valence-corrected chi connectivity index (χ3v) is 32.6. The number of halogens is 2. The third-order valence-electron chi connectivity index (χ3n) is 11.8. The van der Waals surface area contributed by atoms with Gasteiger partial charge in [0, 0.05) is 15.2 Å². The molecule has 3 aliphatic carbocycles. The van der Waals surface area contributed by atoms with Crippen LogP contribution in [0.2, 0.25) is 37.3 Å². The van der Waals surface area contributed by atoms with Crippen LogP contribution >= 0.6 is 17.0 Å². The van der Waals surface area contributed by atoms with Gasteiger partial charge in [0.05, 0.1) is 0 Å². The van der Waals surface area contributed by atoms with Crippen molar-refractivity contribution in [3.8, 4) is 11.1 Å². The molecular weight excluding hydrogens is 651 g/mol. The van der Waals surface area contributed by atoms with E-state index in [9.17, 15) is 0 Å². The van der Waals surface area contributed by atoms with Crippen LogP contribution in [0, 0.1) is 38.5 Å². The van der Waals surface area contributed by atoms with Crippen molar-refractivity contribution in [3.05, 3.63) is 75.0 Å². The normalized spacial score (nSPS) is 27.5. The first-order valence-corrected chi connectivity index (χ1v) is 29.2. The summed E-state index contributed by atoms with van der Waals surface area (Å²) in [6.45, 7) is 16.3. The zero-order valence-electron chi connectivity index (χ0n) is 27.4. The van der Waals surface area contributed by atoms with Gasteiger partial charge in [-0.3, -0.25) is 0 Å². The van der Waals surface area contributed by atoms with Crippen molar-refractivity contribution in [2.24, 2.45) is 23.7 Å². The van der Waals surface area contributed by atoms with Crippen LogP contribution in [0.15, 0.2) is 54.6 Å². The second-order valence-electron chi connectivity index (χ2n) is 14.5. The Morgan fingerprint density at radius 2 is 1.39 bits per heavy atom. The molecule has 5 heteroatoms. The van der Waals surface area contributed by atoms with Gasteiger partial charge in [0.1, 0.15) is 0 Å². The van der Waals surface area contributed by atoms with Crippen LogP contribution in [-0.4, -0.2) is 15.2 Å². The molecule has 3 saturated carbocycles. The second-order valence-corrected chi connectivity index (χ2v) is 34.4. The van der Waals surface area contributed by atoms with Crippen molar-refractivity contribution in [2.75, 3.05) is 0 Å². The molecule has 0 heterocycles. The minimum atomic E-state index is -1.31. The van der Waals surface area contributed by atoms with E-state index in [2.05, 4.69) is 94.6 Å². The summed E-state index contributed by atoms with van der Waals surface area (Å²) in [6.07, 6.45) is 13.5. The van der Waals surface area contributed by atoms with Crippen molar-refractivity contribution < 1.29 is 20.8 Å². The van der Waals surface area contributed by atoms with E-state index < -0.39 is 36.0 Å². The van der Waals surface area contributed by atoms with Gasteiger partial charge in [0.2, 0.25) is 0 Å². The first kappa shape index (κ1) is 37.5. The van der Waals surface area contributed by atoms with Crippen LogP contribution in [-0.2, 0) is 20.8 Å². The number of hydrogen-bond donors (Lipinski definition) is 0. The van der Waals surface area contributed by atoms with E-state index in [-0.39, 0.29) is 14.9 Å². The summed E-state index contributed by atoms with van der Waals surface area (Å²) in [5.74, 6) is 4.58. The van der Waals surface area contributed by atoms with Crippen molar-refractivity contribution in [2.45, 2.75) is 115 Å². The fourth-order valence-electron chi connectivity index (χ4n) is 9.40. The zero-order valence-corrected chi connectivity index (χ0v) is 33.3. The number of rotatable bonds is 7. The van der Waals surface area contributed by atoms with Crippen LogP contribution in [0.1, 0.15) is 83.1 Å². The topological polar surface area (TPSA) is 0 Å². The molecule has 0 spiro atoms. The summed E-state index contributed by atoms with van der Waals surface area (Å²) in [5.41, 5.74) is 6.73. The molecule has 0 aromatic heterocycles. The summed E-state index contributed by atoms with van der Waals surface area (Å²) in [5, 5.41) is 0. The van der Waals surface area contributed by atoms with Crippen LogP contribution < -0.4 is 0 Å². The number of benzene rings is 2. The van der Waals surface area contributed by atoms with Crippen molar-refractivity contribution in [1.82, 2.24) is 0 Å². The van der Waals surface area contributed by atoms with Crippen LogP contribution in [0.5, 0.6) is 0 Å². The van der Waals surface area contributed by atoms with Crippen LogP contribution in [0.25, 0.3) is 11.1 Å². The Bertz CT molecular complexity index is 1040. The molecule has 41 heavy (non-hydrogen) atoms. The predicted molar refractivity (Wildman–Crippen MR) is 188 cm³/mol. The molecular formula is C36H58Cl2Si2Zr. The van der Waals surface area contributed by atoms with Gasteiger partial charge >= 0.3 is 37.9 Å². The van der Waals surface area contributed by atoms with Gasteiger partial charge in [-0.2, -0.15) is 0 Å². The molecule has 0 saturated heterocycles. The fourth-order valence-corrected chi connectivity index (χ4v) is 23.5. The van der Waals surface area contributed by atoms with E-state index in [1.807, 2.05) is 0 Å². The summed E-state index contributed by atoms with van der Waals surface area (Å²) in [7, 11) is 7.30. The van der Waals surface area contributed by atoms with Gasteiger partial charge in [-0.25, -0.2) is 0 Å². The maximum atomic E-state index is 4.93. The van der Waals surface area contributed by atoms with E-state index in [4.69, 9.17) is 17.0 Å². The molecule has 6 atom stereocenters. The summed E-state index contributed by atoms with van der Waals surface area (Å²) in [4.78, 5) is 0. The maximum absolute atomic E-state index is 4.93. The Balaban J connectivity index is 0.00000113. The van der Waals surface area contributed by atoms with E-state index in [0.29, 0.717) is 0 Å². The van der Waals surface area contributed by atoms with Gasteiger partial charge in [-0.05, 0) is 76.6 Å². The van der Waals surface area contributed by atoms with E-state index in [1.165, 1.54) is 56.1 Å². The molecule has 228 valence electrons. The van der Waals surface area contributed by atoms with E-state index in [0.717, 1.165) is 40.7 Å². The summed E-state index contributed by atoms with van der Waals surface area (Å²) < 4.78 is 0. The Morgan fingerprint density at radius 1 is 0.756 bits per heavy atom. The molecule has 6 unspecified atom stereocenters. The molecule has 0 aliphatic heterocycles. The molecule has 5 rings (SSSR count). The van der Waals surface area contributed by atoms with Gasteiger partial charge in [-0.15, -0.1) is 0 Å². The van der Waals surface area contributed by atoms with Crippen molar-refractivity contribution in [3.63, 3.8) is 0 Å². The number of hydrogen-bond acceptors (Lipinski definition) is 0. The molecule has 3 fully saturated rings. The number of fused-ring (bicyclic) bond motifs is 1. The van der Waals surface area contributed by atoms with Gasteiger partial charge in [0.15, 0.2) is 0 Å². The molecule has 0 N–H and O–H groups in total. The molecule has 0 radical (unpaired) electrons. The van der Waals surface area contributed by atoms with Gasteiger partial charge in [-0.1, -0.05) is 133 Å². The second kappa shape index (κ2) is 16.6.